The number of hydrogen-bond acceptors (Lipinski definition) is 2. The van der Waals surface area contributed by atoms with Crippen LogP contribution in [0.1, 0.15) is 65.5 Å². The zero-order valence-electron chi connectivity index (χ0n) is 12.9. The lowest BCUT2D eigenvalue weighted by molar-refractivity contribution is -0.304. The van der Waals surface area contributed by atoms with Crippen molar-refractivity contribution >= 4 is 0 Å². The summed E-state index contributed by atoms with van der Waals surface area (Å²) in [7, 11) is 0. The third kappa shape index (κ3) is 3.18. The van der Waals surface area contributed by atoms with Gasteiger partial charge in [-0.2, -0.15) is 5.06 Å². The summed E-state index contributed by atoms with van der Waals surface area (Å²) in [6.07, 6.45) is 3.76. The van der Waals surface area contributed by atoms with Gasteiger partial charge < -0.3 is 0 Å². The van der Waals surface area contributed by atoms with Crippen LogP contribution in [0.3, 0.4) is 0 Å². The van der Waals surface area contributed by atoms with Crippen LogP contribution in [0, 0.1) is 0 Å². The summed E-state index contributed by atoms with van der Waals surface area (Å²) in [5, 5.41) is 2.24. The second-order valence-corrected chi connectivity index (χ2v) is 6.93. The first-order valence-electron chi connectivity index (χ1n) is 7.35. The molecule has 1 fully saturated rings. The van der Waals surface area contributed by atoms with Gasteiger partial charge in [-0.05, 0) is 59.4 Å². The van der Waals surface area contributed by atoms with E-state index in [1.54, 1.807) is 0 Å². The molecule has 0 bridgehead atoms. The summed E-state index contributed by atoms with van der Waals surface area (Å²) in [5.74, 6) is 0. The normalized spacial score (nSPS) is 24.1. The van der Waals surface area contributed by atoms with E-state index in [4.69, 9.17) is 4.84 Å². The first kappa shape index (κ1) is 14.5. The molecule has 0 saturated carbocycles. The topological polar surface area (TPSA) is 12.5 Å². The molecule has 1 saturated heterocycles. The summed E-state index contributed by atoms with van der Waals surface area (Å²) in [4.78, 5) is 6.34. The zero-order chi connectivity index (χ0) is 14.1. The molecule has 0 unspecified atom stereocenters. The van der Waals surface area contributed by atoms with E-state index >= 15 is 0 Å². The van der Waals surface area contributed by atoms with E-state index in [0.29, 0.717) is 0 Å². The van der Waals surface area contributed by atoms with E-state index in [1.165, 1.54) is 24.8 Å². The highest BCUT2D eigenvalue weighted by Crippen LogP contribution is 2.40. The standard InChI is InChI=1S/C17H27NO/c1-14(15-10-7-6-8-11-15)19-18-16(2,3)12-9-13-17(18,4)5/h6-8,10-11,14H,9,12-13H2,1-5H3/t14-/m1/s1. The summed E-state index contributed by atoms with van der Waals surface area (Å²) >= 11 is 0. The Balaban J connectivity index is 2.15. The monoisotopic (exact) mass is 261 g/mol. The van der Waals surface area contributed by atoms with Crippen molar-refractivity contribution in [3.8, 4) is 0 Å². The van der Waals surface area contributed by atoms with Crippen LogP contribution in [-0.4, -0.2) is 16.1 Å². The zero-order valence-corrected chi connectivity index (χ0v) is 12.9. The highest BCUT2D eigenvalue weighted by Gasteiger charge is 2.43. The fourth-order valence-corrected chi connectivity index (χ4v) is 3.20. The Bertz CT molecular complexity index is 395. The molecular formula is C17H27NO. The first-order valence-corrected chi connectivity index (χ1v) is 7.35. The Morgan fingerprint density at radius 2 is 1.53 bits per heavy atom. The second-order valence-electron chi connectivity index (χ2n) is 6.93. The minimum Gasteiger partial charge on any atom is -0.290 e. The number of rotatable bonds is 3. The Labute approximate surface area is 117 Å². The average molecular weight is 261 g/mol. The van der Waals surface area contributed by atoms with Gasteiger partial charge in [0.15, 0.2) is 0 Å². The van der Waals surface area contributed by atoms with Crippen LogP contribution in [0.2, 0.25) is 0 Å². The SMILES string of the molecule is C[C@@H](ON1C(C)(C)CCCC1(C)C)c1ccccc1. The minimum absolute atomic E-state index is 0.0952. The molecule has 0 amide bonds. The molecule has 0 N–H and O–H groups in total. The lowest BCUT2D eigenvalue weighted by atomic mass is 9.82. The number of piperidine rings is 1. The number of benzene rings is 1. The minimum atomic E-state index is 0.0952. The van der Waals surface area contributed by atoms with Gasteiger partial charge in [-0.15, -0.1) is 0 Å². The van der Waals surface area contributed by atoms with Crippen molar-refractivity contribution in [2.45, 2.75) is 71.1 Å². The van der Waals surface area contributed by atoms with E-state index in [-0.39, 0.29) is 17.2 Å². The summed E-state index contributed by atoms with van der Waals surface area (Å²) in [5.41, 5.74) is 1.44. The molecule has 1 aromatic carbocycles. The van der Waals surface area contributed by atoms with E-state index in [0.717, 1.165) is 0 Å². The van der Waals surface area contributed by atoms with Gasteiger partial charge in [-0.1, -0.05) is 30.3 Å². The Morgan fingerprint density at radius 1 is 1.00 bits per heavy atom. The molecule has 0 aromatic heterocycles. The summed E-state index contributed by atoms with van der Waals surface area (Å²) in [6, 6.07) is 10.5. The molecule has 0 radical (unpaired) electrons. The van der Waals surface area contributed by atoms with Crippen LogP contribution >= 0.6 is 0 Å². The van der Waals surface area contributed by atoms with Gasteiger partial charge >= 0.3 is 0 Å². The third-order valence-corrected chi connectivity index (χ3v) is 4.21. The van der Waals surface area contributed by atoms with Crippen LogP contribution in [0.5, 0.6) is 0 Å². The van der Waals surface area contributed by atoms with Crippen LogP contribution in [-0.2, 0) is 4.84 Å². The van der Waals surface area contributed by atoms with E-state index in [2.05, 4.69) is 63.9 Å². The Hall–Kier alpha value is -0.860. The molecule has 1 aliphatic heterocycles. The number of hydrogen-bond donors (Lipinski definition) is 0. The van der Waals surface area contributed by atoms with Gasteiger partial charge in [0, 0.05) is 11.1 Å². The van der Waals surface area contributed by atoms with Crippen LogP contribution in [0.15, 0.2) is 30.3 Å². The largest absolute Gasteiger partial charge is 0.290 e. The third-order valence-electron chi connectivity index (χ3n) is 4.21. The van der Waals surface area contributed by atoms with Gasteiger partial charge in [0.2, 0.25) is 0 Å². The molecule has 0 spiro atoms. The molecule has 2 nitrogen and oxygen atoms in total. The molecule has 0 aliphatic carbocycles. The van der Waals surface area contributed by atoms with Crippen LogP contribution in [0.4, 0.5) is 0 Å². The Morgan fingerprint density at radius 3 is 2.05 bits per heavy atom. The van der Waals surface area contributed by atoms with Crippen molar-refractivity contribution in [2.24, 2.45) is 0 Å². The van der Waals surface area contributed by atoms with E-state index in [9.17, 15) is 0 Å². The number of nitrogens with zero attached hydrogens (tertiary/aromatic N) is 1. The molecule has 1 atom stereocenters. The van der Waals surface area contributed by atoms with Gasteiger partial charge in [0.05, 0.1) is 0 Å². The predicted octanol–water partition coefficient (Wildman–Crippen LogP) is 4.72. The van der Waals surface area contributed by atoms with Gasteiger partial charge in [-0.25, -0.2) is 0 Å². The molecule has 1 aromatic rings. The maximum atomic E-state index is 6.34. The fraction of sp³-hybridized carbons (Fsp3) is 0.647. The van der Waals surface area contributed by atoms with Crippen molar-refractivity contribution in [1.29, 1.82) is 0 Å². The molecule has 2 heteroatoms. The van der Waals surface area contributed by atoms with Gasteiger partial charge in [-0.3, -0.25) is 4.84 Å². The Kier molecular flexibility index (Phi) is 4.03. The molecule has 1 aliphatic rings. The van der Waals surface area contributed by atoms with Gasteiger partial charge in [0.25, 0.3) is 0 Å². The predicted molar refractivity (Wildman–Crippen MR) is 79.8 cm³/mol. The fourth-order valence-electron chi connectivity index (χ4n) is 3.20. The quantitative estimate of drug-likeness (QED) is 0.780. The smallest absolute Gasteiger partial charge is 0.102 e. The van der Waals surface area contributed by atoms with Gasteiger partial charge in [0.1, 0.15) is 6.10 Å². The first-order chi connectivity index (χ1) is 8.83. The second kappa shape index (κ2) is 5.26. The van der Waals surface area contributed by atoms with E-state index in [1.807, 2.05) is 6.07 Å². The average Bonchev–Trinajstić information content (AvgIpc) is 2.34. The highest BCUT2D eigenvalue weighted by molar-refractivity contribution is 5.16. The molecule has 2 rings (SSSR count). The van der Waals surface area contributed by atoms with E-state index < -0.39 is 0 Å². The summed E-state index contributed by atoms with van der Waals surface area (Å²) < 4.78 is 0. The molecule has 19 heavy (non-hydrogen) atoms. The highest BCUT2D eigenvalue weighted by atomic mass is 16.7. The van der Waals surface area contributed by atoms with Crippen molar-refractivity contribution < 1.29 is 4.84 Å². The van der Waals surface area contributed by atoms with Crippen LogP contribution < -0.4 is 0 Å². The lowest BCUT2D eigenvalue weighted by Crippen LogP contribution is -2.58. The van der Waals surface area contributed by atoms with Crippen LogP contribution in [0.25, 0.3) is 0 Å². The maximum Gasteiger partial charge on any atom is 0.102 e. The lowest BCUT2D eigenvalue weighted by Gasteiger charge is -2.52. The maximum absolute atomic E-state index is 6.34. The molecule has 106 valence electrons. The van der Waals surface area contributed by atoms with Crippen molar-refractivity contribution in [3.63, 3.8) is 0 Å². The molecule has 1 heterocycles. The van der Waals surface area contributed by atoms with Crippen molar-refractivity contribution in [1.82, 2.24) is 5.06 Å². The number of hydroxylamine groups is 2. The van der Waals surface area contributed by atoms with Crippen molar-refractivity contribution in [2.75, 3.05) is 0 Å². The summed E-state index contributed by atoms with van der Waals surface area (Å²) in [6.45, 7) is 11.3. The van der Waals surface area contributed by atoms with Crippen molar-refractivity contribution in [3.05, 3.63) is 35.9 Å². The molecular weight excluding hydrogens is 234 g/mol.